The molecule has 1 aromatic carbocycles. The molecule has 6 nitrogen and oxygen atoms in total. The largest absolute Gasteiger partial charge is 0.494 e. The zero-order valence-corrected chi connectivity index (χ0v) is 12.4. The lowest BCUT2D eigenvalue weighted by molar-refractivity contribution is -0.138. The normalized spacial score (nSPS) is 11.0. The summed E-state index contributed by atoms with van der Waals surface area (Å²) < 4.78 is 20.4. The van der Waals surface area contributed by atoms with Crippen molar-refractivity contribution in [2.75, 3.05) is 27.9 Å². The second-order valence-electron chi connectivity index (χ2n) is 3.81. The van der Waals surface area contributed by atoms with E-state index in [1.54, 1.807) is 25.1 Å². The molecular weight excluding hydrogens is 274 g/mol. The molecule has 0 fully saturated rings. The summed E-state index contributed by atoms with van der Waals surface area (Å²) in [4.78, 5) is 11.8. The van der Waals surface area contributed by atoms with E-state index < -0.39 is 5.97 Å². The van der Waals surface area contributed by atoms with Crippen LogP contribution < -0.4 is 9.47 Å². The van der Waals surface area contributed by atoms with Gasteiger partial charge in [-0.3, -0.25) is 0 Å². The Balaban J connectivity index is 3.38. The molecule has 0 saturated heterocycles. The van der Waals surface area contributed by atoms with Crippen LogP contribution in [0.25, 0.3) is 5.76 Å². The Morgan fingerprint density at radius 2 is 1.86 bits per heavy atom. The molecule has 0 amide bonds. The number of carbonyl (C=O) groups is 1. The van der Waals surface area contributed by atoms with Crippen molar-refractivity contribution < 1.29 is 23.7 Å². The van der Waals surface area contributed by atoms with E-state index in [9.17, 15) is 4.79 Å². The van der Waals surface area contributed by atoms with E-state index >= 15 is 0 Å². The predicted molar refractivity (Wildman–Crippen MR) is 75.7 cm³/mol. The van der Waals surface area contributed by atoms with Gasteiger partial charge in [0, 0.05) is 5.56 Å². The Hall–Kier alpha value is -2.68. The summed E-state index contributed by atoms with van der Waals surface area (Å²) in [5.74, 6) is 0.389. The average molecular weight is 291 g/mol. The molecule has 0 aliphatic carbocycles. The molecule has 0 aliphatic heterocycles. The van der Waals surface area contributed by atoms with Gasteiger partial charge in [-0.15, -0.1) is 0 Å². The maximum Gasteiger partial charge on any atom is 0.352 e. The number of nitrogens with zero attached hydrogens (tertiary/aromatic N) is 1. The molecule has 0 aromatic heterocycles. The van der Waals surface area contributed by atoms with Crippen molar-refractivity contribution >= 4 is 11.7 Å². The van der Waals surface area contributed by atoms with E-state index in [2.05, 4.69) is 0 Å². The zero-order chi connectivity index (χ0) is 15.8. The van der Waals surface area contributed by atoms with Gasteiger partial charge in [0.1, 0.15) is 6.07 Å². The van der Waals surface area contributed by atoms with Crippen LogP contribution >= 0.6 is 0 Å². The van der Waals surface area contributed by atoms with Crippen molar-refractivity contribution in [1.82, 2.24) is 0 Å². The smallest absolute Gasteiger partial charge is 0.352 e. The fourth-order valence-corrected chi connectivity index (χ4v) is 1.73. The number of hydrogen-bond donors (Lipinski definition) is 0. The Morgan fingerprint density at radius 3 is 2.33 bits per heavy atom. The highest BCUT2D eigenvalue weighted by Crippen LogP contribution is 2.31. The number of nitriles is 1. The maximum absolute atomic E-state index is 11.8. The van der Waals surface area contributed by atoms with Crippen molar-refractivity contribution in [1.29, 1.82) is 5.26 Å². The molecule has 0 radical (unpaired) electrons. The third kappa shape index (κ3) is 3.66. The van der Waals surface area contributed by atoms with E-state index in [-0.39, 0.29) is 17.9 Å². The number of esters is 1. The van der Waals surface area contributed by atoms with Gasteiger partial charge in [0.25, 0.3) is 0 Å². The summed E-state index contributed by atoms with van der Waals surface area (Å²) >= 11 is 0. The standard InChI is InChI=1S/C15H17NO5/c1-5-21-15(17)11(9-16)14(20-4)10-6-7-12(18-2)13(8-10)19-3/h6-8H,5H2,1-4H3/b14-11-. The number of methoxy groups -OCH3 is 3. The first kappa shape index (κ1) is 16.4. The highest BCUT2D eigenvalue weighted by molar-refractivity contribution is 6.00. The minimum atomic E-state index is -0.730. The summed E-state index contributed by atoms with van der Waals surface area (Å²) in [6.07, 6.45) is 0. The van der Waals surface area contributed by atoms with Gasteiger partial charge in [-0.05, 0) is 25.1 Å². The molecule has 1 rings (SSSR count). The summed E-state index contributed by atoms with van der Waals surface area (Å²) in [6.45, 7) is 1.84. The summed E-state index contributed by atoms with van der Waals surface area (Å²) in [5, 5.41) is 9.17. The first-order chi connectivity index (χ1) is 10.1. The van der Waals surface area contributed by atoms with E-state index in [1.165, 1.54) is 21.3 Å². The minimum Gasteiger partial charge on any atom is -0.494 e. The number of ether oxygens (including phenoxy) is 4. The van der Waals surface area contributed by atoms with Gasteiger partial charge < -0.3 is 18.9 Å². The highest BCUT2D eigenvalue weighted by Gasteiger charge is 2.20. The average Bonchev–Trinajstić information content (AvgIpc) is 2.51. The Morgan fingerprint density at radius 1 is 1.19 bits per heavy atom. The molecule has 0 unspecified atom stereocenters. The monoisotopic (exact) mass is 291 g/mol. The molecule has 0 N–H and O–H groups in total. The molecular formula is C15H17NO5. The Kier molecular flexibility index (Phi) is 6.08. The van der Waals surface area contributed by atoms with Gasteiger partial charge in [-0.25, -0.2) is 4.79 Å². The summed E-state index contributed by atoms with van der Waals surface area (Å²) in [6, 6.07) is 6.75. The molecule has 0 spiro atoms. The first-order valence-corrected chi connectivity index (χ1v) is 6.20. The topological polar surface area (TPSA) is 77.8 Å². The second-order valence-corrected chi connectivity index (χ2v) is 3.81. The van der Waals surface area contributed by atoms with E-state index in [4.69, 9.17) is 24.2 Å². The Bertz CT molecular complexity index is 586. The van der Waals surface area contributed by atoms with E-state index in [0.717, 1.165) is 0 Å². The fraction of sp³-hybridized carbons (Fsp3) is 0.333. The van der Waals surface area contributed by atoms with Crippen molar-refractivity contribution in [2.24, 2.45) is 0 Å². The fourth-order valence-electron chi connectivity index (χ4n) is 1.73. The van der Waals surface area contributed by atoms with Crippen LogP contribution in [0.5, 0.6) is 11.5 Å². The number of hydrogen-bond acceptors (Lipinski definition) is 6. The van der Waals surface area contributed by atoms with Crippen LogP contribution in [0.4, 0.5) is 0 Å². The number of benzene rings is 1. The second kappa shape index (κ2) is 7.80. The van der Waals surface area contributed by atoms with Crippen LogP contribution in [-0.2, 0) is 14.3 Å². The number of carbonyl (C=O) groups excluding carboxylic acids is 1. The first-order valence-electron chi connectivity index (χ1n) is 6.20. The van der Waals surface area contributed by atoms with Gasteiger partial charge in [0.2, 0.25) is 0 Å². The molecule has 1 aromatic rings. The number of rotatable bonds is 6. The van der Waals surface area contributed by atoms with Crippen LogP contribution in [0.2, 0.25) is 0 Å². The van der Waals surface area contributed by atoms with Crippen molar-refractivity contribution in [3.05, 3.63) is 29.3 Å². The van der Waals surface area contributed by atoms with Crippen molar-refractivity contribution in [3.63, 3.8) is 0 Å². The van der Waals surface area contributed by atoms with Crippen molar-refractivity contribution in [2.45, 2.75) is 6.92 Å². The zero-order valence-electron chi connectivity index (χ0n) is 12.4. The molecule has 0 atom stereocenters. The molecule has 0 aliphatic rings. The summed E-state index contributed by atoms with van der Waals surface area (Å²) in [5.41, 5.74) is 0.311. The van der Waals surface area contributed by atoms with Crippen molar-refractivity contribution in [3.8, 4) is 17.6 Å². The quantitative estimate of drug-likeness (QED) is 0.346. The van der Waals surface area contributed by atoms with E-state index in [0.29, 0.717) is 17.1 Å². The van der Waals surface area contributed by atoms with Crippen LogP contribution in [0.15, 0.2) is 23.8 Å². The van der Waals surface area contributed by atoms with Crippen LogP contribution in [0.3, 0.4) is 0 Å². The molecule has 0 bridgehead atoms. The minimum absolute atomic E-state index is 0.122. The highest BCUT2D eigenvalue weighted by atomic mass is 16.5. The van der Waals surface area contributed by atoms with E-state index in [1.807, 2.05) is 6.07 Å². The molecule has 0 saturated carbocycles. The molecule has 21 heavy (non-hydrogen) atoms. The van der Waals surface area contributed by atoms with Gasteiger partial charge in [-0.2, -0.15) is 5.26 Å². The van der Waals surface area contributed by atoms with Gasteiger partial charge >= 0.3 is 5.97 Å². The predicted octanol–water partition coefficient (Wildman–Crippen LogP) is 2.15. The molecule has 6 heteroatoms. The third-order valence-electron chi connectivity index (χ3n) is 2.67. The lowest BCUT2D eigenvalue weighted by Gasteiger charge is -2.12. The maximum atomic E-state index is 11.8. The Labute approximate surface area is 123 Å². The lowest BCUT2D eigenvalue weighted by Crippen LogP contribution is -2.09. The van der Waals surface area contributed by atoms with Crippen LogP contribution in [0.1, 0.15) is 12.5 Å². The lowest BCUT2D eigenvalue weighted by atomic mass is 10.1. The SMILES string of the molecule is CCOC(=O)/C(C#N)=C(\OC)c1ccc(OC)c(OC)c1. The molecule has 112 valence electrons. The van der Waals surface area contributed by atoms with Gasteiger partial charge in [0.15, 0.2) is 22.8 Å². The third-order valence-corrected chi connectivity index (χ3v) is 2.67. The van der Waals surface area contributed by atoms with Crippen LogP contribution in [-0.4, -0.2) is 33.9 Å². The van der Waals surface area contributed by atoms with Gasteiger partial charge in [-0.1, -0.05) is 0 Å². The summed E-state index contributed by atoms with van der Waals surface area (Å²) in [7, 11) is 4.39. The van der Waals surface area contributed by atoms with Crippen LogP contribution in [0, 0.1) is 11.3 Å². The molecule has 0 heterocycles. The van der Waals surface area contributed by atoms with Gasteiger partial charge in [0.05, 0.1) is 27.9 Å².